The molecule has 0 fully saturated rings. The van der Waals surface area contributed by atoms with Crippen molar-refractivity contribution in [3.63, 3.8) is 0 Å². The summed E-state index contributed by atoms with van der Waals surface area (Å²) in [7, 11) is 0. The lowest BCUT2D eigenvalue weighted by Gasteiger charge is -2.03. The molecule has 0 amide bonds. The summed E-state index contributed by atoms with van der Waals surface area (Å²) in [5.74, 6) is 0. The first-order chi connectivity index (χ1) is 9.60. The van der Waals surface area contributed by atoms with Crippen molar-refractivity contribution in [1.29, 1.82) is 0 Å². The van der Waals surface area contributed by atoms with Crippen LogP contribution in [-0.4, -0.2) is 0 Å². The second kappa shape index (κ2) is 5.32. The SMILES string of the molecule is CCc1sc2sc(C)cc(=O)c2c1-c1ccc(Cl)cc1. The second-order valence-corrected chi connectivity index (χ2v) is 7.70. The van der Waals surface area contributed by atoms with E-state index >= 15 is 0 Å². The van der Waals surface area contributed by atoms with Crippen molar-refractivity contribution in [2.75, 3.05) is 0 Å². The highest BCUT2D eigenvalue weighted by Gasteiger charge is 2.16. The molecule has 102 valence electrons. The zero-order valence-electron chi connectivity index (χ0n) is 11.2. The molecule has 3 rings (SSSR count). The third kappa shape index (κ3) is 2.30. The molecule has 1 nitrogen and oxygen atoms in total. The summed E-state index contributed by atoms with van der Waals surface area (Å²) in [6, 6.07) is 9.47. The van der Waals surface area contributed by atoms with Gasteiger partial charge in [0.25, 0.3) is 0 Å². The van der Waals surface area contributed by atoms with E-state index in [4.69, 9.17) is 11.6 Å². The molecule has 0 saturated heterocycles. The molecule has 3 aromatic rings. The van der Waals surface area contributed by atoms with Crippen molar-refractivity contribution >= 4 is 43.7 Å². The Morgan fingerprint density at radius 3 is 2.50 bits per heavy atom. The predicted octanol–water partition coefficient (Wildman–Crippen LogP) is 5.51. The first-order valence-electron chi connectivity index (χ1n) is 6.42. The molecule has 0 N–H and O–H groups in total. The topological polar surface area (TPSA) is 17.1 Å². The smallest absolute Gasteiger partial charge is 0.189 e. The van der Waals surface area contributed by atoms with Gasteiger partial charge in [-0.25, -0.2) is 0 Å². The summed E-state index contributed by atoms with van der Waals surface area (Å²) < 4.78 is 1.12. The normalized spacial score (nSPS) is 11.2. The summed E-state index contributed by atoms with van der Waals surface area (Å²) in [4.78, 5) is 14.7. The standard InChI is InChI=1S/C16H13ClOS2/c1-3-13-14(10-4-6-11(17)7-5-10)15-12(18)8-9(2)19-16(15)20-13/h4-8H,3H2,1-2H3. The molecule has 4 heteroatoms. The van der Waals surface area contributed by atoms with E-state index in [0.717, 1.165) is 31.8 Å². The number of hydrogen-bond acceptors (Lipinski definition) is 3. The molecular formula is C16H13ClOS2. The van der Waals surface area contributed by atoms with Gasteiger partial charge in [-0.05, 0) is 37.1 Å². The zero-order valence-corrected chi connectivity index (χ0v) is 13.6. The average molecular weight is 321 g/mol. The van der Waals surface area contributed by atoms with Crippen LogP contribution in [0.4, 0.5) is 0 Å². The van der Waals surface area contributed by atoms with Gasteiger partial charge in [0.15, 0.2) is 5.43 Å². The van der Waals surface area contributed by atoms with E-state index in [1.807, 2.05) is 31.2 Å². The Morgan fingerprint density at radius 1 is 1.15 bits per heavy atom. The summed E-state index contributed by atoms with van der Waals surface area (Å²) in [6.07, 6.45) is 0.933. The van der Waals surface area contributed by atoms with Gasteiger partial charge < -0.3 is 0 Å². The van der Waals surface area contributed by atoms with Gasteiger partial charge in [-0.3, -0.25) is 4.79 Å². The van der Waals surface area contributed by atoms with Gasteiger partial charge in [-0.15, -0.1) is 22.7 Å². The third-order valence-corrected chi connectivity index (χ3v) is 5.95. The van der Waals surface area contributed by atoms with Crippen LogP contribution in [0.5, 0.6) is 0 Å². The molecule has 20 heavy (non-hydrogen) atoms. The molecule has 1 aromatic carbocycles. The van der Waals surface area contributed by atoms with Crippen LogP contribution in [0.15, 0.2) is 35.1 Å². The lowest BCUT2D eigenvalue weighted by molar-refractivity contribution is 1.19. The maximum atomic E-state index is 12.4. The molecular weight excluding hydrogens is 308 g/mol. The van der Waals surface area contributed by atoms with Crippen LogP contribution in [-0.2, 0) is 6.42 Å². The molecule has 0 aliphatic heterocycles. The van der Waals surface area contributed by atoms with Crippen molar-refractivity contribution in [2.45, 2.75) is 20.3 Å². The Labute approximate surface area is 130 Å². The molecule has 0 atom stereocenters. The van der Waals surface area contributed by atoms with Gasteiger partial charge >= 0.3 is 0 Å². The Bertz CT molecular complexity index is 828. The molecule has 0 aliphatic rings. The molecule has 0 saturated carbocycles. The number of aryl methyl sites for hydroxylation is 2. The van der Waals surface area contributed by atoms with Crippen LogP contribution in [0.3, 0.4) is 0 Å². The lowest BCUT2D eigenvalue weighted by Crippen LogP contribution is -1.99. The monoisotopic (exact) mass is 320 g/mol. The highest BCUT2D eigenvalue weighted by Crippen LogP contribution is 2.40. The van der Waals surface area contributed by atoms with Gasteiger partial charge in [-0.2, -0.15) is 0 Å². The average Bonchev–Trinajstić information content (AvgIpc) is 2.78. The molecule has 0 bridgehead atoms. The summed E-state index contributed by atoms with van der Waals surface area (Å²) >= 11 is 9.39. The van der Waals surface area contributed by atoms with E-state index in [1.54, 1.807) is 28.7 Å². The van der Waals surface area contributed by atoms with Crippen molar-refractivity contribution in [2.24, 2.45) is 0 Å². The quantitative estimate of drug-likeness (QED) is 0.608. The predicted molar refractivity (Wildman–Crippen MR) is 90.5 cm³/mol. The molecule has 0 radical (unpaired) electrons. The summed E-state index contributed by atoms with van der Waals surface area (Å²) in [5.41, 5.74) is 2.29. The summed E-state index contributed by atoms with van der Waals surface area (Å²) in [5, 5.41) is 1.58. The highest BCUT2D eigenvalue weighted by molar-refractivity contribution is 7.38. The van der Waals surface area contributed by atoms with Crippen molar-refractivity contribution in [3.8, 4) is 11.1 Å². The molecule has 0 aliphatic carbocycles. The van der Waals surface area contributed by atoms with E-state index in [9.17, 15) is 4.79 Å². The molecule has 2 heterocycles. The molecule has 0 unspecified atom stereocenters. The Hall–Kier alpha value is -1.16. The maximum Gasteiger partial charge on any atom is 0.189 e. The number of rotatable bonds is 2. The number of thiophene rings is 1. The Balaban J connectivity index is 2.38. The van der Waals surface area contributed by atoms with E-state index < -0.39 is 0 Å². The van der Waals surface area contributed by atoms with Gasteiger partial charge in [0.1, 0.15) is 0 Å². The Morgan fingerprint density at radius 2 is 1.85 bits per heavy atom. The number of benzene rings is 1. The van der Waals surface area contributed by atoms with Crippen LogP contribution < -0.4 is 5.43 Å². The summed E-state index contributed by atoms with van der Waals surface area (Å²) in [6.45, 7) is 4.12. The minimum absolute atomic E-state index is 0.122. The largest absolute Gasteiger partial charge is 0.289 e. The van der Waals surface area contributed by atoms with Crippen molar-refractivity contribution < 1.29 is 0 Å². The number of hydrogen-bond donors (Lipinski definition) is 0. The maximum absolute atomic E-state index is 12.4. The minimum Gasteiger partial charge on any atom is -0.289 e. The van der Waals surface area contributed by atoms with Gasteiger partial charge in [0, 0.05) is 20.3 Å². The van der Waals surface area contributed by atoms with Crippen LogP contribution in [0, 0.1) is 6.92 Å². The highest BCUT2D eigenvalue weighted by atomic mass is 35.5. The van der Waals surface area contributed by atoms with Crippen LogP contribution >= 0.6 is 34.3 Å². The van der Waals surface area contributed by atoms with Crippen LogP contribution in [0.25, 0.3) is 20.5 Å². The Kier molecular flexibility index (Phi) is 3.67. The molecule has 0 spiro atoms. The van der Waals surface area contributed by atoms with Crippen molar-refractivity contribution in [3.05, 3.63) is 55.3 Å². The number of fused-ring (bicyclic) bond motifs is 1. The molecule has 2 aromatic heterocycles. The zero-order chi connectivity index (χ0) is 14.3. The van der Waals surface area contributed by atoms with E-state index in [1.165, 1.54) is 4.88 Å². The fourth-order valence-electron chi connectivity index (χ4n) is 2.35. The second-order valence-electron chi connectivity index (χ2n) is 4.64. The number of halogens is 1. The van der Waals surface area contributed by atoms with Gasteiger partial charge in [-0.1, -0.05) is 30.7 Å². The van der Waals surface area contributed by atoms with Crippen LogP contribution in [0.1, 0.15) is 16.7 Å². The van der Waals surface area contributed by atoms with E-state index in [2.05, 4.69) is 6.92 Å². The van der Waals surface area contributed by atoms with Gasteiger partial charge in [0.05, 0.1) is 9.40 Å². The van der Waals surface area contributed by atoms with Crippen molar-refractivity contribution in [1.82, 2.24) is 0 Å². The fraction of sp³-hybridized carbons (Fsp3) is 0.188. The van der Waals surface area contributed by atoms with Crippen LogP contribution in [0.2, 0.25) is 5.02 Å². The first kappa shape index (κ1) is 13.8. The van der Waals surface area contributed by atoms with E-state index in [-0.39, 0.29) is 5.43 Å². The lowest BCUT2D eigenvalue weighted by atomic mass is 10.0. The first-order valence-corrected chi connectivity index (χ1v) is 8.43. The van der Waals surface area contributed by atoms with E-state index in [0.29, 0.717) is 5.02 Å². The van der Waals surface area contributed by atoms with Gasteiger partial charge in [0.2, 0.25) is 0 Å². The fourth-order valence-corrected chi connectivity index (χ4v) is 5.10. The minimum atomic E-state index is 0.122. The third-order valence-electron chi connectivity index (χ3n) is 3.24.